The van der Waals surface area contributed by atoms with E-state index in [9.17, 15) is 17.6 Å². The van der Waals surface area contributed by atoms with E-state index in [4.69, 9.17) is 4.74 Å². The molecule has 0 bridgehead atoms. The summed E-state index contributed by atoms with van der Waals surface area (Å²) in [5.74, 6) is -1.32. The van der Waals surface area contributed by atoms with E-state index in [1.54, 1.807) is 30.3 Å². The van der Waals surface area contributed by atoms with E-state index in [0.29, 0.717) is 42.2 Å². The Balaban J connectivity index is 1.40. The first-order valence-electron chi connectivity index (χ1n) is 12.7. The Bertz CT molecular complexity index is 1350. The second kappa shape index (κ2) is 12.8. The SMILES string of the molecule is CCCCOc1cc(F)c(CCc2ccc3c(F)c(CCc4ccc(OC(F)F)cc4)ccc3c2)c(F)c1. The van der Waals surface area contributed by atoms with Crippen LogP contribution in [0.15, 0.2) is 66.7 Å². The second-order valence-corrected chi connectivity index (χ2v) is 9.18. The summed E-state index contributed by atoms with van der Waals surface area (Å²) in [7, 11) is 0. The van der Waals surface area contributed by atoms with Crippen LogP contribution < -0.4 is 9.47 Å². The fraction of sp³-hybridized carbons (Fsp3) is 0.290. The molecule has 0 unspecified atom stereocenters. The van der Waals surface area contributed by atoms with Gasteiger partial charge in [-0.2, -0.15) is 8.78 Å². The van der Waals surface area contributed by atoms with Gasteiger partial charge < -0.3 is 9.47 Å². The zero-order valence-electron chi connectivity index (χ0n) is 21.1. The lowest BCUT2D eigenvalue weighted by Crippen LogP contribution is -2.03. The Morgan fingerprint density at radius 1 is 0.711 bits per heavy atom. The number of halogens is 5. The van der Waals surface area contributed by atoms with Crippen molar-refractivity contribution in [3.8, 4) is 11.5 Å². The smallest absolute Gasteiger partial charge is 0.387 e. The summed E-state index contributed by atoms with van der Waals surface area (Å²) in [5, 5.41) is 1.18. The highest BCUT2D eigenvalue weighted by Gasteiger charge is 2.14. The molecule has 0 radical (unpaired) electrons. The summed E-state index contributed by atoms with van der Waals surface area (Å²) in [6.07, 6.45) is 3.28. The predicted molar refractivity (Wildman–Crippen MR) is 139 cm³/mol. The van der Waals surface area contributed by atoms with Gasteiger partial charge in [0.25, 0.3) is 0 Å². The molecule has 0 heterocycles. The molecule has 0 saturated carbocycles. The zero-order valence-corrected chi connectivity index (χ0v) is 21.1. The van der Waals surface area contributed by atoms with E-state index in [1.165, 1.54) is 24.3 Å². The summed E-state index contributed by atoms with van der Waals surface area (Å²) in [4.78, 5) is 0. The highest BCUT2D eigenvalue weighted by molar-refractivity contribution is 5.84. The third-order valence-corrected chi connectivity index (χ3v) is 6.47. The number of hydrogen-bond acceptors (Lipinski definition) is 2. The summed E-state index contributed by atoms with van der Waals surface area (Å²) < 4.78 is 78.6. The molecular formula is C31H29F5O2. The van der Waals surface area contributed by atoms with Crippen LogP contribution in [-0.2, 0) is 25.7 Å². The van der Waals surface area contributed by atoms with Gasteiger partial charge in [0.15, 0.2) is 0 Å². The first-order chi connectivity index (χ1) is 18.3. The normalized spacial score (nSPS) is 11.3. The second-order valence-electron chi connectivity index (χ2n) is 9.18. The minimum absolute atomic E-state index is 0.00303. The standard InChI is InChI=1S/C31H29F5O2/c1-2-3-16-37-25-18-28(32)27(29(33)19-25)15-8-21-7-14-26-23(17-21)11-10-22(30(26)34)9-4-20-5-12-24(13-6-20)38-31(35)36/h5-7,10-14,17-19,31H,2-4,8-9,15-16H2,1H3. The lowest BCUT2D eigenvalue weighted by atomic mass is 9.97. The molecule has 0 N–H and O–H groups in total. The van der Waals surface area contributed by atoms with Crippen LogP contribution in [0.5, 0.6) is 11.5 Å². The summed E-state index contributed by atoms with van der Waals surface area (Å²) in [6, 6.07) is 17.6. The Morgan fingerprint density at radius 3 is 2.08 bits per heavy atom. The van der Waals surface area contributed by atoms with Gasteiger partial charge in [-0.1, -0.05) is 55.8 Å². The van der Waals surface area contributed by atoms with Crippen LogP contribution >= 0.6 is 0 Å². The number of alkyl halides is 2. The molecule has 38 heavy (non-hydrogen) atoms. The lowest BCUT2D eigenvalue weighted by molar-refractivity contribution is -0.0498. The first-order valence-corrected chi connectivity index (χ1v) is 12.7. The highest BCUT2D eigenvalue weighted by atomic mass is 19.3. The van der Waals surface area contributed by atoms with Gasteiger partial charge in [-0.25, -0.2) is 13.2 Å². The molecule has 0 aliphatic carbocycles. The molecule has 2 nitrogen and oxygen atoms in total. The van der Waals surface area contributed by atoms with Gasteiger partial charge in [0.05, 0.1) is 6.61 Å². The van der Waals surface area contributed by atoms with Gasteiger partial charge in [-0.05, 0) is 66.3 Å². The summed E-state index contributed by atoms with van der Waals surface area (Å²) in [6.45, 7) is -0.456. The molecule has 0 aliphatic heterocycles. The van der Waals surface area contributed by atoms with Gasteiger partial charge >= 0.3 is 6.61 Å². The lowest BCUT2D eigenvalue weighted by Gasteiger charge is -2.11. The number of benzene rings is 4. The van der Waals surface area contributed by atoms with E-state index < -0.39 is 18.2 Å². The monoisotopic (exact) mass is 528 g/mol. The summed E-state index contributed by atoms with van der Waals surface area (Å²) >= 11 is 0. The van der Waals surface area contributed by atoms with Gasteiger partial charge in [0, 0.05) is 23.1 Å². The van der Waals surface area contributed by atoms with Crippen molar-refractivity contribution in [2.45, 2.75) is 52.1 Å². The van der Waals surface area contributed by atoms with Crippen LogP contribution in [0.3, 0.4) is 0 Å². The van der Waals surface area contributed by atoms with Crippen LogP contribution in [0.4, 0.5) is 22.0 Å². The van der Waals surface area contributed by atoms with Crippen molar-refractivity contribution >= 4 is 10.8 Å². The molecule has 0 amide bonds. The minimum Gasteiger partial charge on any atom is -0.493 e. The van der Waals surface area contributed by atoms with Crippen molar-refractivity contribution < 1.29 is 31.4 Å². The molecule has 200 valence electrons. The molecule has 0 spiro atoms. The number of hydrogen-bond donors (Lipinski definition) is 0. The van der Waals surface area contributed by atoms with Gasteiger partial charge in [0.1, 0.15) is 29.0 Å². The minimum atomic E-state index is -2.88. The average molecular weight is 529 g/mol. The van der Waals surface area contributed by atoms with E-state index in [1.807, 2.05) is 19.1 Å². The van der Waals surface area contributed by atoms with Crippen molar-refractivity contribution in [3.63, 3.8) is 0 Å². The quantitative estimate of drug-likeness (QED) is 0.135. The highest BCUT2D eigenvalue weighted by Crippen LogP contribution is 2.26. The largest absolute Gasteiger partial charge is 0.493 e. The predicted octanol–water partition coefficient (Wildman–Crippen LogP) is 8.61. The Morgan fingerprint density at radius 2 is 1.39 bits per heavy atom. The van der Waals surface area contributed by atoms with Crippen molar-refractivity contribution in [1.29, 1.82) is 0 Å². The van der Waals surface area contributed by atoms with Crippen molar-refractivity contribution in [3.05, 3.63) is 106 Å². The van der Waals surface area contributed by atoms with E-state index in [-0.39, 0.29) is 29.3 Å². The van der Waals surface area contributed by atoms with Crippen LogP contribution in [0.25, 0.3) is 10.8 Å². The Labute approximate surface area is 219 Å². The van der Waals surface area contributed by atoms with Crippen LogP contribution in [0.2, 0.25) is 0 Å². The van der Waals surface area contributed by atoms with Crippen LogP contribution in [0.1, 0.15) is 42.0 Å². The molecule has 0 fully saturated rings. The molecule has 0 saturated heterocycles. The molecule has 0 aromatic heterocycles. The van der Waals surface area contributed by atoms with Crippen molar-refractivity contribution in [1.82, 2.24) is 0 Å². The van der Waals surface area contributed by atoms with Gasteiger partial charge in [-0.15, -0.1) is 0 Å². The fourth-order valence-electron chi connectivity index (χ4n) is 4.36. The maximum atomic E-state index is 15.2. The number of aryl methyl sites for hydroxylation is 3. The molecule has 0 atom stereocenters. The first kappa shape index (κ1) is 27.4. The number of ether oxygens (including phenoxy) is 2. The topological polar surface area (TPSA) is 18.5 Å². The van der Waals surface area contributed by atoms with E-state index >= 15 is 4.39 Å². The van der Waals surface area contributed by atoms with Gasteiger partial charge in [0.2, 0.25) is 0 Å². The molecular weight excluding hydrogens is 499 g/mol. The van der Waals surface area contributed by atoms with Gasteiger partial charge in [-0.3, -0.25) is 0 Å². The third-order valence-electron chi connectivity index (χ3n) is 6.47. The van der Waals surface area contributed by atoms with Crippen molar-refractivity contribution in [2.75, 3.05) is 6.61 Å². The average Bonchev–Trinajstić information content (AvgIpc) is 2.88. The molecule has 4 aromatic carbocycles. The molecule has 4 aromatic rings. The maximum Gasteiger partial charge on any atom is 0.387 e. The van der Waals surface area contributed by atoms with Crippen LogP contribution in [0, 0.1) is 17.5 Å². The third kappa shape index (κ3) is 7.03. The Kier molecular flexibility index (Phi) is 9.21. The maximum absolute atomic E-state index is 15.2. The van der Waals surface area contributed by atoms with E-state index in [2.05, 4.69) is 4.74 Å². The van der Waals surface area contributed by atoms with Crippen LogP contribution in [-0.4, -0.2) is 13.2 Å². The molecule has 7 heteroatoms. The zero-order chi connectivity index (χ0) is 27.1. The summed E-state index contributed by atoms with van der Waals surface area (Å²) in [5.41, 5.74) is 2.27. The molecule has 0 aliphatic rings. The molecule has 4 rings (SSSR count). The fourth-order valence-corrected chi connectivity index (χ4v) is 4.36. The van der Waals surface area contributed by atoms with Crippen molar-refractivity contribution in [2.24, 2.45) is 0 Å². The number of unbranched alkanes of at least 4 members (excludes halogenated alkanes) is 1. The number of fused-ring (bicyclic) bond motifs is 1. The van der Waals surface area contributed by atoms with E-state index in [0.717, 1.165) is 24.0 Å². The number of rotatable bonds is 12. The Hall–Kier alpha value is -3.61.